The first-order chi connectivity index (χ1) is 16.2. The van der Waals surface area contributed by atoms with E-state index in [-0.39, 0.29) is 0 Å². The Morgan fingerprint density at radius 3 is 2.58 bits per heavy atom. The third kappa shape index (κ3) is 5.10. The molecule has 4 nitrogen and oxygen atoms in total. The van der Waals surface area contributed by atoms with Crippen LogP contribution in [0.3, 0.4) is 0 Å². The third-order valence-corrected chi connectivity index (χ3v) is 7.30. The summed E-state index contributed by atoms with van der Waals surface area (Å²) in [4.78, 5) is 12.1. The van der Waals surface area contributed by atoms with Crippen molar-refractivity contribution in [3.8, 4) is 16.9 Å². The summed E-state index contributed by atoms with van der Waals surface area (Å²) < 4.78 is 7.08. The fourth-order valence-electron chi connectivity index (χ4n) is 4.57. The van der Waals surface area contributed by atoms with Crippen LogP contribution in [0.25, 0.3) is 21.3 Å². The van der Waals surface area contributed by atoms with E-state index < -0.39 is 0 Å². The number of aromatic nitrogens is 2. The van der Waals surface area contributed by atoms with Crippen molar-refractivity contribution in [1.29, 1.82) is 0 Å². The van der Waals surface area contributed by atoms with Crippen molar-refractivity contribution in [1.82, 2.24) is 14.9 Å². The zero-order chi connectivity index (χ0) is 22.6. The lowest BCUT2D eigenvalue weighted by Crippen LogP contribution is -2.25. The van der Waals surface area contributed by atoms with Crippen LogP contribution in [0, 0.1) is 0 Å². The molecule has 0 unspecified atom stereocenters. The number of nitrogens with zero attached hydrogens (tertiary/aromatic N) is 3. The highest BCUT2D eigenvalue weighted by atomic mass is 32.1. The standard InChI is InChI=1S/C28H31N3OS/c1-20(2)23-7-3-4-8-24(23)25-19-33-26-18-29-27(30-28(25)26)17-21-9-11-22(12-10-21)32-16-15-31-13-5-6-14-31/h3-4,7-12,18-20H,5-6,13-17H2,1-2H3. The Hall–Kier alpha value is -2.76. The van der Waals surface area contributed by atoms with Gasteiger partial charge in [0, 0.05) is 30.1 Å². The van der Waals surface area contributed by atoms with Gasteiger partial charge in [0.1, 0.15) is 18.2 Å². The van der Waals surface area contributed by atoms with E-state index in [1.54, 1.807) is 11.3 Å². The molecular weight excluding hydrogens is 426 g/mol. The summed E-state index contributed by atoms with van der Waals surface area (Å²) in [5.41, 5.74) is 6.10. The molecule has 0 amide bonds. The predicted molar refractivity (Wildman–Crippen MR) is 137 cm³/mol. The molecule has 5 heteroatoms. The summed E-state index contributed by atoms with van der Waals surface area (Å²) in [6.07, 6.45) is 5.32. The van der Waals surface area contributed by atoms with Crippen LogP contribution < -0.4 is 4.74 Å². The fourth-order valence-corrected chi connectivity index (χ4v) is 5.44. The Kier molecular flexibility index (Phi) is 6.70. The first-order valence-corrected chi connectivity index (χ1v) is 12.8. The van der Waals surface area contributed by atoms with Gasteiger partial charge in [-0.2, -0.15) is 0 Å². The molecule has 0 N–H and O–H groups in total. The highest BCUT2D eigenvalue weighted by Crippen LogP contribution is 2.36. The topological polar surface area (TPSA) is 38.2 Å². The average Bonchev–Trinajstić information content (AvgIpc) is 3.50. The van der Waals surface area contributed by atoms with Crippen LogP contribution in [-0.2, 0) is 6.42 Å². The first-order valence-electron chi connectivity index (χ1n) is 11.9. The highest BCUT2D eigenvalue weighted by Gasteiger charge is 2.15. The van der Waals surface area contributed by atoms with Gasteiger partial charge < -0.3 is 4.74 Å². The molecule has 0 aliphatic carbocycles. The predicted octanol–water partition coefficient (Wildman–Crippen LogP) is 6.55. The van der Waals surface area contributed by atoms with Crippen LogP contribution >= 0.6 is 11.3 Å². The minimum Gasteiger partial charge on any atom is -0.492 e. The van der Waals surface area contributed by atoms with Crippen LogP contribution in [0.1, 0.15) is 49.6 Å². The molecule has 2 aromatic heterocycles. The van der Waals surface area contributed by atoms with Crippen molar-refractivity contribution in [3.63, 3.8) is 0 Å². The monoisotopic (exact) mass is 457 g/mol. The van der Waals surface area contributed by atoms with Gasteiger partial charge in [0.2, 0.25) is 0 Å². The van der Waals surface area contributed by atoms with Crippen molar-refractivity contribution >= 4 is 21.6 Å². The molecule has 1 fully saturated rings. The number of hydrogen-bond acceptors (Lipinski definition) is 5. The van der Waals surface area contributed by atoms with Crippen LogP contribution in [0.4, 0.5) is 0 Å². The molecule has 1 aliphatic rings. The van der Waals surface area contributed by atoms with Crippen molar-refractivity contribution in [2.45, 2.75) is 39.0 Å². The summed E-state index contributed by atoms with van der Waals surface area (Å²) in [5.74, 6) is 2.25. The summed E-state index contributed by atoms with van der Waals surface area (Å²) in [5, 5.41) is 2.22. The van der Waals surface area contributed by atoms with Crippen LogP contribution in [0.5, 0.6) is 5.75 Å². The Labute approximate surface area is 200 Å². The van der Waals surface area contributed by atoms with Crippen molar-refractivity contribution < 1.29 is 4.74 Å². The van der Waals surface area contributed by atoms with Crippen molar-refractivity contribution in [2.24, 2.45) is 0 Å². The number of rotatable bonds is 8. The first kappa shape index (κ1) is 22.1. The molecular formula is C28H31N3OS. The van der Waals surface area contributed by atoms with Gasteiger partial charge in [0.25, 0.3) is 0 Å². The Bertz CT molecular complexity index is 1210. The minimum atomic E-state index is 0.466. The molecule has 0 radical (unpaired) electrons. The molecule has 0 saturated carbocycles. The smallest absolute Gasteiger partial charge is 0.133 e. The average molecular weight is 458 g/mol. The lowest BCUT2D eigenvalue weighted by molar-refractivity contribution is 0.238. The SMILES string of the molecule is CC(C)c1ccccc1-c1csc2cnc(Cc3ccc(OCCN4CCCC4)cc3)nc12. The maximum atomic E-state index is 5.94. The second-order valence-corrected chi connectivity index (χ2v) is 10.0. The molecule has 0 atom stereocenters. The lowest BCUT2D eigenvalue weighted by Gasteiger charge is -2.15. The van der Waals surface area contributed by atoms with Gasteiger partial charge in [-0.15, -0.1) is 11.3 Å². The summed E-state index contributed by atoms with van der Waals surface area (Å²) in [6.45, 7) is 8.67. The molecule has 1 saturated heterocycles. The van der Waals surface area contributed by atoms with Crippen LogP contribution in [0.2, 0.25) is 0 Å². The molecule has 33 heavy (non-hydrogen) atoms. The van der Waals surface area contributed by atoms with Gasteiger partial charge in [-0.3, -0.25) is 4.90 Å². The maximum absolute atomic E-state index is 5.94. The molecule has 4 aromatic rings. The summed E-state index contributed by atoms with van der Waals surface area (Å²) in [7, 11) is 0. The largest absolute Gasteiger partial charge is 0.492 e. The molecule has 0 bridgehead atoms. The highest BCUT2D eigenvalue weighted by molar-refractivity contribution is 7.17. The Morgan fingerprint density at radius 2 is 1.79 bits per heavy atom. The van der Waals surface area contributed by atoms with Gasteiger partial charge in [-0.05, 0) is 60.7 Å². The summed E-state index contributed by atoms with van der Waals surface area (Å²) >= 11 is 1.72. The number of ether oxygens (including phenoxy) is 1. The van der Waals surface area contributed by atoms with Crippen molar-refractivity contribution in [2.75, 3.05) is 26.2 Å². The second-order valence-electron chi connectivity index (χ2n) is 9.11. The molecule has 170 valence electrons. The van der Waals surface area contributed by atoms with Crippen LogP contribution in [-0.4, -0.2) is 41.1 Å². The maximum Gasteiger partial charge on any atom is 0.133 e. The number of benzene rings is 2. The second kappa shape index (κ2) is 10.0. The summed E-state index contributed by atoms with van der Waals surface area (Å²) in [6, 6.07) is 17.0. The number of thiophene rings is 1. The minimum absolute atomic E-state index is 0.466. The van der Waals surface area contributed by atoms with Crippen molar-refractivity contribution in [3.05, 3.63) is 77.1 Å². The van der Waals surface area contributed by atoms with E-state index in [4.69, 9.17) is 9.72 Å². The molecule has 0 spiro atoms. The Morgan fingerprint density at radius 1 is 1.00 bits per heavy atom. The van der Waals surface area contributed by atoms with E-state index in [9.17, 15) is 0 Å². The van der Waals surface area contributed by atoms with E-state index in [0.29, 0.717) is 12.3 Å². The van der Waals surface area contributed by atoms with E-state index >= 15 is 0 Å². The normalized spacial score (nSPS) is 14.4. The number of likely N-dealkylation sites (tertiary alicyclic amines) is 1. The van der Waals surface area contributed by atoms with Gasteiger partial charge in [-0.25, -0.2) is 9.97 Å². The van der Waals surface area contributed by atoms with Gasteiger partial charge in [0.05, 0.1) is 10.2 Å². The van der Waals surface area contributed by atoms with Gasteiger partial charge in [-0.1, -0.05) is 50.2 Å². The Balaban J connectivity index is 1.30. The zero-order valence-corrected chi connectivity index (χ0v) is 20.3. The fraction of sp³-hybridized carbons (Fsp3) is 0.357. The van der Waals surface area contributed by atoms with Crippen LogP contribution in [0.15, 0.2) is 60.1 Å². The van der Waals surface area contributed by atoms with Gasteiger partial charge in [0.15, 0.2) is 0 Å². The number of hydrogen-bond donors (Lipinski definition) is 0. The molecule has 5 rings (SSSR count). The molecule has 3 heterocycles. The van der Waals surface area contributed by atoms with E-state index in [2.05, 4.69) is 77.6 Å². The zero-order valence-electron chi connectivity index (χ0n) is 19.5. The molecule has 2 aromatic carbocycles. The number of fused-ring (bicyclic) bond motifs is 1. The van der Waals surface area contributed by atoms with Gasteiger partial charge >= 0.3 is 0 Å². The quantitative estimate of drug-likeness (QED) is 0.301. The van der Waals surface area contributed by atoms with E-state index in [1.807, 2.05) is 6.20 Å². The van der Waals surface area contributed by atoms with E-state index in [1.165, 1.54) is 48.2 Å². The lowest BCUT2D eigenvalue weighted by atomic mass is 9.93. The van der Waals surface area contributed by atoms with E-state index in [0.717, 1.165) is 34.9 Å². The third-order valence-electron chi connectivity index (χ3n) is 6.40. The molecule has 1 aliphatic heterocycles.